The quantitative estimate of drug-likeness (QED) is 0.839. The molecule has 1 aromatic rings. The summed E-state index contributed by atoms with van der Waals surface area (Å²) in [6, 6.07) is 3.11. The second-order valence-corrected chi connectivity index (χ2v) is 6.98. The van der Waals surface area contributed by atoms with Crippen molar-refractivity contribution >= 4 is 15.9 Å². The molecule has 0 aromatic heterocycles. The molecule has 0 saturated carbocycles. The van der Waals surface area contributed by atoms with Gasteiger partial charge in [-0.15, -0.1) is 4.41 Å². The Hall–Kier alpha value is -1.61. The lowest BCUT2D eigenvalue weighted by atomic mass is 10.2. The number of benzene rings is 1. The van der Waals surface area contributed by atoms with E-state index in [0.717, 1.165) is 23.5 Å². The zero-order chi connectivity index (χ0) is 17.1. The first-order chi connectivity index (χ1) is 9.94. The fraction of sp³-hybridized carbons (Fsp3) is 0.462. The zero-order valence-electron chi connectivity index (χ0n) is 12.3. The number of halogens is 3. The van der Waals surface area contributed by atoms with Gasteiger partial charge in [-0.3, -0.25) is 10.2 Å². The van der Waals surface area contributed by atoms with E-state index in [9.17, 15) is 26.4 Å². The number of hydrogen-bond acceptors (Lipinski definition) is 3. The van der Waals surface area contributed by atoms with Gasteiger partial charge in [0.25, 0.3) is 10.0 Å². The summed E-state index contributed by atoms with van der Waals surface area (Å²) in [5.74, 6) is -0.674. The number of carbonyl (C=O) groups is 1. The number of hydrogen-bond donors (Lipinski definition) is 1. The van der Waals surface area contributed by atoms with Crippen LogP contribution in [0.25, 0.3) is 0 Å². The van der Waals surface area contributed by atoms with Crippen LogP contribution >= 0.6 is 0 Å². The lowest BCUT2D eigenvalue weighted by Crippen LogP contribution is -2.46. The van der Waals surface area contributed by atoms with E-state index in [2.05, 4.69) is 5.43 Å². The molecule has 22 heavy (non-hydrogen) atoms. The van der Waals surface area contributed by atoms with Crippen LogP contribution < -0.4 is 5.43 Å². The Kier molecular flexibility index (Phi) is 5.58. The van der Waals surface area contributed by atoms with Crippen molar-refractivity contribution < 1.29 is 26.4 Å². The molecule has 0 radical (unpaired) electrons. The van der Waals surface area contributed by atoms with Crippen LogP contribution in [0.2, 0.25) is 0 Å². The molecule has 0 atom stereocenters. The fourth-order valence-corrected chi connectivity index (χ4v) is 3.13. The first-order valence-corrected chi connectivity index (χ1v) is 7.86. The molecule has 124 valence electrons. The van der Waals surface area contributed by atoms with E-state index in [1.54, 1.807) is 13.8 Å². The van der Waals surface area contributed by atoms with Crippen LogP contribution in [0.3, 0.4) is 0 Å². The van der Waals surface area contributed by atoms with Gasteiger partial charge >= 0.3 is 6.18 Å². The molecular weight excluding hydrogens is 321 g/mol. The number of alkyl halides is 3. The minimum absolute atomic E-state index is 0.00291. The molecule has 1 N–H and O–H groups in total. The molecule has 1 rings (SSSR count). The van der Waals surface area contributed by atoms with Crippen molar-refractivity contribution in [2.75, 3.05) is 6.54 Å². The van der Waals surface area contributed by atoms with E-state index < -0.39 is 27.7 Å². The predicted octanol–water partition coefficient (Wildman–Crippen LogP) is 2.40. The Bertz CT molecular complexity index is 625. The maximum Gasteiger partial charge on any atom is 0.416 e. The highest BCUT2D eigenvalue weighted by Gasteiger charge is 2.32. The second kappa shape index (κ2) is 6.66. The largest absolute Gasteiger partial charge is 0.416 e. The van der Waals surface area contributed by atoms with E-state index in [4.69, 9.17) is 0 Å². The van der Waals surface area contributed by atoms with Crippen LogP contribution in [-0.4, -0.2) is 25.3 Å². The van der Waals surface area contributed by atoms with Crippen molar-refractivity contribution in [2.45, 2.75) is 31.8 Å². The molecule has 0 unspecified atom stereocenters. The first kappa shape index (κ1) is 18.4. The number of amides is 1. The summed E-state index contributed by atoms with van der Waals surface area (Å²) in [6.45, 7) is 4.65. The van der Waals surface area contributed by atoms with Gasteiger partial charge in [0.05, 0.1) is 10.5 Å². The van der Waals surface area contributed by atoms with E-state index in [1.165, 1.54) is 0 Å². The van der Waals surface area contributed by atoms with Crippen molar-refractivity contribution in [1.82, 2.24) is 9.84 Å². The summed E-state index contributed by atoms with van der Waals surface area (Å²) in [5, 5.41) is 0. The van der Waals surface area contributed by atoms with Crippen LogP contribution in [0, 0.1) is 5.92 Å². The molecule has 1 aromatic carbocycles. The van der Waals surface area contributed by atoms with Gasteiger partial charge in [-0.1, -0.05) is 13.8 Å². The molecular formula is C13H17F3N2O3S. The van der Waals surface area contributed by atoms with E-state index in [1.807, 2.05) is 0 Å². The highest BCUT2D eigenvalue weighted by Crippen LogP contribution is 2.30. The summed E-state index contributed by atoms with van der Waals surface area (Å²) in [7, 11) is -4.12. The molecule has 1 amide bonds. The van der Waals surface area contributed by atoms with Crippen LogP contribution in [0.15, 0.2) is 29.2 Å². The summed E-state index contributed by atoms with van der Waals surface area (Å²) in [5.41, 5.74) is 1.24. The normalized spacial score (nSPS) is 12.7. The van der Waals surface area contributed by atoms with Crippen LogP contribution in [0.5, 0.6) is 0 Å². The molecule has 0 aliphatic rings. The third-order valence-electron chi connectivity index (χ3n) is 2.58. The van der Waals surface area contributed by atoms with E-state index in [0.29, 0.717) is 12.1 Å². The standard InChI is InChI=1S/C13H17F3N2O3S/c1-9(2)8-18(17-10(3)19)22(20,21)12-6-4-11(5-7-12)13(14,15)16/h4-7,9H,8H2,1-3H3,(H,17,19). The topological polar surface area (TPSA) is 66.5 Å². The van der Waals surface area contributed by atoms with Crippen molar-refractivity contribution in [2.24, 2.45) is 5.92 Å². The molecule has 5 nitrogen and oxygen atoms in total. The molecule has 9 heteroatoms. The lowest BCUT2D eigenvalue weighted by Gasteiger charge is -2.24. The highest BCUT2D eigenvalue weighted by molar-refractivity contribution is 7.89. The first-order valence-electron chi connectivity index (χ1n) is 6.42. The van der Waals surface area contributed by atoms with Gasteiger partial charge in [-0.2, -0.15) is 13.2 Å². The minimum Gasteiger partial charge on any atom is -0.275 e. The number of carbonyl (C=O) groups excluding carboxylic acids is 1. The Morgan fingerprint density at radius 2 is 1.73 bits per heavy atom. The van der Waals surface area contributed by atoms with E-state index in [-0.39, 0.29) is 17.4 Å². The average molecular weight is 338 g/mol. The average Bonchev–Trinajstić information content (AvgIpc) is 2.36. The fourth-order valence-electron chi connectivity index (χ4n) is 1.65. The zero-order valence-corrected chi connectivity index (χ0v) is 13.1. The smallest absolute Gasteiger partial charge is 0.275 e. The van der Waals surface area contributed by atoms with Crippen molar-refractivity contribution in [3.63, 3.8) is 0 Å². The molecule has 0 fully saturated rings. The highest BCUT2D eigenvalue weighted by atomic mass is 32.2. The molecule has 0 heterocycles. The van der Waals surface area contributed by atoms with Gasteiger partial charge in [0.2, 0.25) is 5.91 Å². The van der Waals surface area contributed by atoms with Crippen LogP contribution in [0.1, 0.15) is 26.3 Å². The summed E-state index contributed by atoms with van der Waals surface area (Å²) < 4.78 is 63.0. The second-order valence-electron chi connectivity index (χ2n) is 5.12. The SMILES string of the molecule is CC(=O)NN(CC(C)C)S(=O)(=O)c1ccc(C(F)(F)F)cc1. The Morgan fingerprint density at radius 1 is 1.23 bits per heavy atom. The monoisotopic (exact) mass is 338 g/mol. The molecule has 0 aliphatic carbocycles. The number of hydrazine groups is 1. The van der Waals surface area contributed by atoms with Gasteiger partial charge in [0.15, 0.2) is 0 Å². The molecule has 0 aliphatic heterocycles. The van der Waals surface area contributed by atoms with Crippen molar-refractivity contribution in [1.29, 1.82) is 0 Å². The van der Waals surface area contributed by atoms with Gasteiger partial charge in [-0.25, -0.2) is 8.42 Å². The maximum absolute atomic E-state index is 12.5. The predicted molar refractivity (Wildman–Crippen MR) is 74.0 cm³/mol. The van der Waals surface area contributed by atoms with E-state index >= 15 is 0 Å². The Morgan fingerprint density at radius 3 is 2.09 bits per heavy atom. The van der Waals surface area contributed by atoms with Crippen LogP contribution in [-0.2, 0) is 21.0 Å². The minimum atomic E-state index is -4.54. The van der Waals surface area contributed by atoms with Gasteiger partial charge < -0.3 is 0 Å². The van der Waals surface area contributed by atoms with Gasteiger partial charge in [0.1, 0.15) is 0 Å². The van der Waals surface area contributed by atoms with Crippen molar-refractivity contribution in [3.05, 3.63) is 29.8 Å². The molecule has 0 saturated heterocycles. The third kappa shape index (κ3) is 4.70. The summed E-state index contributed by atoms with van der Waals surface area (Å²) in [4.78, 5) is 10.8. The van der Waals surface area contributed by atoms with Gasteiger partial charge in [-0.05, 0) is 30.2 Å². The number of rotatable bonds is 5. The van der Waals surface area contributed by atoms with Gasteiger partial charge in [0, 0.05) is 13.5 Å². The Labute approximate surface area is 127 Å². The number of nitrogens with one attached hydrogen (secondary N) is 1. The Balaban J connectivity index is 3.16. The molecule has 0 spiro atoms. The third-order valence-corrected chi connectivity index (χ3v) is 4.27. The summed E-state index contributed by atoms with van der Waals surface area (Å²) >= 11 is 0. The maximum atomic E-state index is 12.5. The van der Waals surface area contributed by atoms with Crippen LogP contribution in [0.4, 0.5) is 13.2 Å². The lowest BCUT2D eigenvalue weighted by molar-refractivity contribution is -0.137. The number of sulfonamides is 1. The summed E-state index contributed by atoms with van der Waals surface area (Å²) in [6.07, 6.45) is -4.54. The van der Waals surface area contributed by atoms with Crippen molar-refractivity contribution in [3.8, 4) is 0 Å². The molecule has 0 bridgehead atoms. The number of nitrogens with zero attached hydrogens (tertiary/aromatic N) is 1.